The van der Waals surface area contributed by atoms with Crippen molar-refractivity contribution in [3.05, 3.63) is 35.6 Å². The first-order valence-electron chi connectivity index (χ1n) is 6.66. The van der Waals surface area contributed by atoms with Crippen molar-refractivity contribution in [1.29, 1.82) is 0 Å². The molecule has 0 spiro atoms. The molecular weight excluding hydrogens is 229 g/mol. The molecule has 0 heterocycles. The van der Waals surface area contributed by atoms with Gasteiger partial charge >= 0.3 is 0 Å². The van der Waals surface area contributed by atoms with Gasteiger partial charge in [-0.15, -0.1) is 0 Å². The Morgan fingerprint density at radius 3 is 2.67 bits per heavy atom. The lowest BCUT2D eigenvalue weighted by Crippen LogP contribution is -2.23. The summed E-state index contributed by atoms with van der Waals surface area (Å²) in [5.41, 5.74) is 0.970. The molecule has 1 aromatic rings. The van der Waals surface area contributed by atoms with E-state index in [0.717, 1.165) is 25.1 Å². The highest BCUT2D eigenvalue weighted by atomic mass is 19.1. The number of ether oxygens (including phenoxy) is 1. The molecule has 1 rings (SSSR count). The van der Waals surface area contributed by atoms with E-state index in [0.29, 0.717) is 12.5 Å². The van der Waals surface area contributed by atoms with Crippen molar-refractivity contribution in [2.24, 2.45) is 5.92 Å². The molecule has 0 bridgehead atoms. The van der Waals surface area contributed by atoms with Crippen molar-refractivity contribution >= 4 is 0 Å². The summed E-state index contributed by atoms with van der Waals surface area (Å²) in [6.07, 6.45) is 1.10. The molecule has 0 aromatic heterocycles. The zero-order valence-electron chi connectivity index (χ0n) is 11.6. The largest absolute Gasteiger partial charge is 0.380 e. The minimum absolute atomic E-state index is 0.148. The van der Waals surface area contributed by atoms with Gasteiger partial charge in [-0.3, -0.25) is 0 Å². The molecule has 0 aliphatic rings. The standard InChI is InChI=1S/C15H24FNO/c1-12(2)7-9-18-10-8-17-13(3)14-5-4-6-15(16)11-14/h4-6,11-13,17H,7-10H2,1-3H3/t13-/m0/s1. The van der Waals surface area contributed by atoms with Gasteiger partial charge in [0.15, 0.2) is 0 Å². The number of hydrogen-bond donors (Lipinski definition) is 1. The molecular formula is C15H24FNO. The van der Waals surface area contributed by atoms with Crippen LogP contribution in [0.2, 0.25) is 0 Å². The summed E-state index contributed by atoms with van der Waals surface area (Å²) in [7, 11) is 0. The van der Waals surface area contributed by atoms with Crippen LogP contribution in [-0.4, -0.2) is 19.8 Å². The highest BCUT2D eigenvalue weighted by Crippen LogP contribution is 2.12. The van der Waals surface area contributed by atoms with E-state index in [-0.39, 0.29) is 11.9 Å². The van der Waals surface area contributed by atoms with E-state index in [4.69, 9.17) is 4.74 Å². The first kappa shape index (κ1) is 15.1. The molecule has 1 aromatic carbocycles. The second-order valence-corrected chi connectivity index (χ2v) is 5.03. The Bertz CT molecular complexity index is 341. The Labute approximate surface area is 110 Å². The van der Waals surface area contributed by atoms with Gasteiger partial charge in [0.25, 0.3) is 0 Å². The zero-order valence-corrected chi connectivity index (χ0v) is 11.6. The van der Waals surface area contributed by atoms with Crippen LogP contribution in [0.3, 0.4) is 0 Å². The second kappa shape index (κ2) is 8.22. The maximum absolute atomic E-state index is 13.0. The van der Waals surface area contributed by atoms with Crippen LogP contribution in [0.1, 0.15) is 38.8 Å². The van der Waals surface area contributed by atoms with Gasteiger partial charge in [0, 0.05) is 19.2 Å². The Hall–Kier alpha value is -0.930. The maximum atomic E-state index is 13.0. The van der Waals surface area contributed by atoms with Crippen molar-refractivity contribution < 1.29 is 9.13 Å². The van der Waals surface area contributed by atoms with Crippen LogP contribution in [0.4, 0.5) is 4.39 Å². The summed E-state index contributed by atoms with van der Waals surface area (Å²) in [6.45, 7) is 8.71. The Morgan fingerprint density at radius 1 is 1.22 bits per heavy atom. The number of rotatable bonds is 8. The van der Waals surface area contributed by atoms with Gasteiger partial charge in [0.2, 0.25) is 0 Å². The second-order valence-electron chi connectivity index (χ2n) is 5.03. The van der Waals surface area contributed by atoms with Crippen molar-refractivity contribution in [3.63, 3.8) is 0 Å². The van der Waals surface area contributed by atoms with Gasteiger partial charge in [0.1, 0.15) is 5.82 Å². The number of hydrogen-bond acceptors (Lipinski definition) is 2. The highest BCUT2D eigenvalue weighted by molar-refractivity contribution is 5.19. The van der Waals surface area contributed by atoms with Crippen LogP contribution in [-0.2, 0) is 4.74 Å². The molecule has 102 valence electrons. The molecule has 0 saturated carbocycles. The monoisotopic (exact) mass is 253 g/mol. The third-order valence-electron chi connectivity index (χ3n) is 2.89. The van der Waals surface area contributed by atoms with E-state index >= 15 is 0 Å². The summed E-state index contributed by atoms with van der Waals surface area (Å²) in [5, 5.41) is 3.32. The van der Waals surface area contributed by atoms with Gasteiger partial charge in [-0.2, -0.15) is 0 Å². The Kier molecular flexibility index (Phi) is 6.91. The summed E-state index contributed by atoms with van der Waals surface area (Å²) in [6, 6.07) is 6.85. The average molecular weight is 253 g/mol. The van der Waals surface area contributed by atoms with Crippen LogP contribution >= 0.6 is 0 Å². The predicted octanol–water partition coefficient (Wildman–Crippen LogP) is 3.54. The fourth-order valence-corrected chi connectivity index (χ4v) is 1.66. The summed E-state index contributed by atoms with van der Waals surface area (Å²) < 4.78 is 18.6. The van der Waals surface area contributed by atoms with Gasteiger partial charge in [-0.25, -0.2) is 4.39 Å². The van der Waals surface area contributed by atoms with E-state index < -0.39 is 0 Å². The first-order valence-corrected chi connectivity index (χ1v) is 6.66. The van der Waals surface area contributed by atoms with Gasteiger partial charge < -0.3 is 10.1 Å². The fraction of sp³-hybridized carbons (Fsp3) is 0.600. The molecule has 0 fully saturated rings. The molecule has 0 saturated heterocycles. The molecule has 0 unspecified atom stereocenters. The summed E-state index contributed by atoms with van der Waals surface area (Å²) in [4.78, 5) is 0. The Balaban J connectivity index is 2.15. The van der Waals surface area contributed by atoms with E-state index in [1.165, 1.54) is 6.07 Å². The normalized spacial score (nSPS) is 12.9. The van der Waals surface area contributed by atoms with Crippen LogP contribution < -0.4 is 5.32 Å². The third kappa shape index (κ3) is 6.12. The van der Waals surface area contributed by atoms with Crippen molar-refractivity contribution in [3.8, 4) is 0 Å². The van der Waals surface area contributed by atoms with Crippen molar-refractivity contribution in [1.82, 2.24) is 5.32 Å². The lowest BCUT2D eigenvalue weighted by Gasteiger charge is -2.14. The zero-order chi connectivity index (χ0) is 13.4. The molecule has 0 aliphatic carbocycles. The highest BCUT2D eigenvalue weighted by Gasteiger charge is 2.04. The average Bonchev–Trinajstić information content (AvgIpc) is 2.33. The number of nitrogens with one attached hydrogen (secondary N) is 1. The molecule has 1 atom stereocenters. The van der Waals surface area contributed by atoms with Crippen LogP contribution in [0.25, 0.3) is 0 Å². The topological polar surface area (TPSA) is 21.3 Å². The summed E-state index contributed by atoms with van der Waals surface area (Å²) >= 11 is 0. The van der Waals surface area contributed by atoms with Crippen molar-refractivity contribution in [2.75, 3.05) is 19.8 Å². The summed E-state index contributed by atoms with van der Waals surface area (Å²) in [5.74, 6) is 0.499. The molecule has 1 N–H and O–H groups in total. The fourth-order valence-electron chi connectivity index (χ4n) is 1.66. The van der Waals surface area contributed by atoms with Gasteiger partial charge in [-0.1, -0.05) is 26.0 Å². The minimum Gasteiger partial charge on any atom is -0.380 e. The molecule has 0 amide bonds. The van der Waals surface area contributed by atoms with Crippen LogP contribution in [0, 0.1) is 11.7 Å². The van der Waals surface area contributed by atoms with Crippen LogP contribution in [0.15, 0.2) is 24.3 Å². The lowest BCUT2D eigenvalue weighted by atomic mass is 10.1. The molecule has 2 nitrogen and oxygen atoms in total. The van der Waals surface area contributed by atoms with Gasteiger partial charge in [-0.05, 0) is 37.0 Å². The number of halogens is 1. The van der Waals surface area contributed by atoms with E-state index in [9.17, 15) is 4.39 Å². The maximum Gasteiger partial charge on any atom is 0.123 e. The van der Waals surface area contributed by atoms with E-state index in [1.807, 2.05) is 13.0 Å². The molecule has 18 heavy (non-hydrogen) atoms. The first-order chi connectivity index (χ1) is 8.59. The lowest BCUT2D eigenvalue weighted by molar-refractivity contribution is 0.123. The SMILES string of the molecule is CC(C)CCOCCN[C@@H](C)c1cccc(F)c1. The minimum atomic E-state index is -0.186. The molecule has 3 heteroatoms. The van der Waals surface area contributed by atoms with Gasteiger partial charge in [0.05, 0.1) is 6.61 Å². The molecule has 0 aliphatic heterocycles. The molecule has 0 radical (unpaired) electrons. The quantitative estimate of drug-likeness (QED) is 0.715. The Morgan fingerprint density at radius 2 is 2.00 bits per heavy atom. The van der Waals surface area contributed by atoms with Crippen molar-refractivity contribution in [2.45, 2.75) is 33.2 Å². The van der Waals surface area contributed by atoms with E-state index in [1.54, 1.807) is 12.1 Å². The smallest absolute Gasteiger partial charge is 0.123 e. The predicted molar refractivity (Wildman–Crippen MR) is 73.1 cm³/mol. The van der Waals surface area contributed by atoms with E-state index in [2.05, 4.69) is 19.2 Å². The van der Waals surface area contributed by atoms with Crippen LogP contribution in [0.5, 0.6) is 0 Å². The third-order valence-corrected chi connectivity index (χ3v) is 2.89. The number of benzene rings is 1.